The Kier molecular flexibility index (Phi) is 5.53. The van der Waals surface area contributed by atoms with Gasteiger partial charge in [0, 0.05) is 18.0 Å². The third-order valence-corrected chi connectivity index (χ3v) is 2.56. The summed E-state index contributed by atoms with van der Waals surface area (Å²) in [5.41, 5.74) is 5.58. The van der Waals surface area contributed by atoms with Crippen molar-refractivity contribution in [3.63, 3.8) is 0 Å². The molecule has 0 aliphatic rings. The summed E-state index contributed by atoms with van der Waals surface area (Å²) >= 11 is 0. The number of hydrogen-bond donors (Lipinski definition) is 3. The van der Waals surface area contributed by atoms with E-state index in [1.807, 2.05) is 0 Å². The second-order valence-electron chi connectivity index (χ2n) is 4.28. The van der Waals surface area contributed by atoms with Gasteiger partial charge in [-0.25, -0.2) is 0 Å². The van der Waals surface area contributed by atoms with Crippen molar-refractivity contribution >= 4 is 5.84 Å². The minimum Gasteiger partial charge on any atom is -0.409 e. The van der Waals surface area contributed by atoms with Crippen molar-refractivity contribution in [1.29, 1.82) is 0 Å². The molecule has 0 bridgehead atoms. The van der Waals surface area contributed by atoms with Crippen LogP contribution < -0.4 is 11.1 Å². The summed E-state index contributed by atoms with van der Waals surface area (Å²) in [5, 5.41) is 14.9. The topological polar surface area (TPSA) is 70.6 Å². The molecule has 14 heavy (non-hydrogen) atoms. The van der Waals surface area contributed by atoms with E-state index in [0.717, 1.165) is 12.8 Å². The van der Waals surface area contributed by atoms with Crippen molar-refractivity contribution in [2.24, 2.45) is 10.9 Å². The molecule has 0 aromatic rings. The Balaban J connectivity index is 4.16. The second-order valence-corrected chi connectivity index (χ2v) is 4.28. The highest BCUT2D eigenvalue weighted by Crippen LogP contribution is 2.11. The maximum atomic E-state index is 8.47. The van der Waals surface area contributed by atoms with E-state index < -0.39 is 0 Å². The van der Waals surface area contributed by atoms with Gasteiger partial charge in [-0.3, -0.25) is 0 Å². The number of nitrogens with one attached hydrogen (secondary N) is 1. The molecular formula is C10H23N3O. The van der Waals surface area contributed by atoms with E-state index in [-0.39, 0.29) is 17.4 Å². The van der Waals surface area contributed by atoms with Crippen LogP contribution in [-0.2, 0) is 0 Å². The molecule has 4 heteroatoms. The fourth-order valence-electron chi connectivity index (χ4n) is 1.25. The van der Waals surface area contributed by atoms with Gasteiger partial charge in [0.05, 0.1) is 0 Å². The Morgan fingerprint density at radius 2 is 2.07 bits per heavy atom. The summed E-state index contributed by atoms with van der Waals surface area (Å²) < 4.78 is 0. The van der Waals surface area contributed by atoms with E-state index in [0.29, 0.717) is 6.42 Å². The molecule has 0 radical (unpaired) electrons. The quantitative estimate of drug-likeness (QED) is 0.265. The molecule has 1 atom stereocenters. The number of hydrogen-bond acceptors (Lipinski definition) is 3. The van der Waals surface area contributed by atoms with Crippen molar-refractivity contribution in [3.05, 3.63) is 0 Å². The Labute approximate surface area is 86.6 Å². The van der Waals surface area contributed by atoms with Crippen molar-refractivity contribution < 1.29 is 5.21 Å². The van der Waals surface area contributed by atoms with Gasteiger partial charge in [0.25, 0.3) is 0 Å². The molecule has 84 valence electrons. The number of nitrogens with zero attached hydrogens (tertiary/aromatic N) is 1. The van der Waals surface area contributed by atoms with E-state index in [9.17, 15) is 0 Å². The average Bonchev–Trinajstić information content (AvgIpc) is 2.16. The maximum absolute atomic E-state index is 8.47. The second kappa shape index (κ2) is 5.86. The number of rotatable bonds is 6. The normalized spacial score (nSPS) is 15.6. The predicted octanol–water partition coefficient (Wildman–Crippen LogP) is 1.68. The monoisotopic (exact) mass is 201 g/mol. The van der Waals surface area contributed by atoms with E-state index >= 15 is 0 Å². The number of nitrogens with two attached hydrogens (primary N) is 1. The van der Waals surface area contributed by atoms with Crippen LogP contribution in [0.4, 0.5) is 0 Å². The summed E-state index contributed by atoms with van der Waals surface area (Å²) in [6.07, 6.45) is 2.62. The van der Waals surface area contributed by atoms with Crippen LogP contribution in [0, 0.1) is 0 Å². The average molecular weight is 201 g/mol. The first kappa shape index (κ1) is 13.2. The van der Waals surface area contributed by atoms with Gasteiger partial charge in [-0.15, -0.1) is 0 Å². The number of oxime groups is 1. The highest BCUT2D eigenvalue weighted by atomic mass is 16.4. The molecule has 4 nitrogen and oxygen atoms in total. The minimum atomic E-state index is 0.108. The van der Waals surface area contributed by atoms with E-state index in [1.165, 1.54) is 0 Å². The molecule has 0 saturated heterocycles. The minimum absolute atomic E-state index is 0.108. The summed E-state index contributed by atoms with van der Waals surface area (Å²) in [6, 6.07) is 0.279. The van der Waals surface area contributed by atoms with Gasteiger partial charge in [0.2, 0.25) is 0 Å². The molecule has 0 aromatic carbocycles. The van der Waals surface area contributed by atoms with Gasteiger partial charge in [-0.05, 0) is 26.7 Å². The molecule has 1 unspecified atom stereocenters. The van der Waals surface area contributed by atoms with Crippen LogP contribution in [0.25, 0.3) is 0 Å². The van der Waals surface area contributed by atoms with Crippen LogP contribution in [0.2, 0.25) is 0 Å². The summed E-state index contributed by atoms with van der Waals surface area (Å²) in [6.45, 7) is 8.54. The molecule has 0 amide bonds. The molecule has 0 fully saturated rings. The van der Waals surface area contributed by atoms with Crippen LogP contribution in [0.3, 0.4) is 0 Å². The molecule has 0 saturated carbocycles. The lowest BCUT2D eigenvalue weighted by Crippen LogP contribution is -2.46. The van der Waals surface area contributed by atoms with Crippen LogP contribution in [0.15, 0.2) is 5.16 Å². The molecule has 0 spiro atoms. The van der Waals surface area contributed by atoms with Crippen molar-refractivity contribution in [2.75, 3.05) is 0 Å². The first-order valence-electron chi connectivity index (χ1n) is 5.19. The van der Waals surface area contributed by atoms with Crippen LogP contribution in [0.1, 0.15) is 47.0 Å². The van der Waals surface area contributed by atoms with Gasteiger partial charge in [-0.1, -0.05) is 19.0 Å². The SMILES string of the molecule is CCC(CC(N)=NO)NC(C)(C)CC. The first-order valence-corrected chi connectivity index (χ1v) is 5.19. The Morgan fingerprint density at radius 1 is 1.50 bits per heavy atom. The Bertz CT molecular complexity index is 190. The fourth-order valence-corrected chi connectivity index (χ4v) is 1.25. The van der Waals surface area contributed by atoms with Gasteiger partial charge >= 0.3 is 0 Å². The van der Waals surface area contributed by atoms with Crippen LogP contribution in [-0.4, -0.2) is 22.6 Å². The van der Waals surface area contributed by atoms with Crippen molar-refractivity contribution in [2.45, 2.75) is 58.5 Å². The van der Waals surface area contributed by atoms with Crippen LogP contribution in [0.5, 0.6) is 0 Å². The van der Waals surface area contributed by atoms with E-state index in [4.69, 9.17) is 10.9 Å². The lowest BCUT2D eigenvalue weighted by molar-refractivity contribution is 0.304. The fraction of sp³-hybridized carbons (Fsp3) is 0.900. The lowest BCUT2D eigenvalue weighted by atomic mass is 9.98. The highest BCUT2D eigenvalue weighted by molar-refractivity contribution is 5.80. The summed E-state index contributed by atoms with van der Waals surface area (Å²) in [5.74, 6) is 0.288. The molecule has 0 heterocycles. The number of amidine groups is 1. The van der Waals surface area contributed by atoms with Crippen molar-refractivity contribution in [1.82, 2.24) is 5.32 Å². The molecule has 0 rings (SSSR count). The zero-order valence-corrected chi connectivity index (χ0v) is 9.67. The Morgan fingerprint density at radius 3 is 2.43 bits per heavy atom. The first-order chi connectivity index (χ1) is 6.45. The van der Waals surface area contributed by atoms with Gasteiger partial charge in [0.15, 0.2) is 0 Å². The molecule has 0 aliphatic heterocycles. The zero-order valence-electron chi connectivity index (χ0n) is 9.67. The van der Waals surface area contributed by atoms with Gasteiger partial charge in [-0.2, -0.15) is 0 Å². The van der Waals surface area contributed by atoms with Gasteiger partial charge < -0.3 is 16.3 Å². The standard InChI is InChI=1S/C10H23N3O/c1-5-8(7-9(11)13-14)12-10(3,4)6-2/h8,12,14H,5-7H2,1-4H3,(H2,11,13). The van der Waals surface area contributed by atoms with E-state index in [2.05, 4.69) is 38.2 Å². The predicted molar refractivity (Wildman–Crippen MR) is 59.6 cm³/mol. The summed E-state index contributed by atoms with van der Waals surface area (Å²) in [7, 11) is 0. The smallest absolute Gasteiger partial charge is 0.140 e. The van der Waals surface area contributed by atoms with Crippen LogP contribution >= 0.6 is 0 Å². The highest BCUT2D eigenvalue weighted by Gasteiger charge is 2.19. The molecule has 0 aliphatic carbocycles. The molecule has 4 N–H and O–H groups in total. The maximum Gasteiger partial charge on any atom is 0.140 e. The molecule has 0 aromatic heterocycles. The van der Waals surface area contributed by atoms with E-state index in [1.54, 1.807) is 0 Å². The van der Waals surface area contributed by atoms with Gasteiger partial charge in [0.1, 0.15) is 5.84 Å². The Hall–Kier alpha value is -0.770. The zero-order chi connectivity index (χ0) is 11.2. The summed E-state index contributed by atoms with van der Waals surface area (Å²) in [4.78, 5) is 0. The molecular weight excluding hydrogens is 178 g/mol. The third-order valence-electron chi connectivity index (χ3n) is 2.56. The third kappa shape index (κ3) is 5.07. The van der Waals surface area contributed by atoms with Crippen molar-refractivity contribution in [3.8, 4) is 0 Å². The lowest BCUT2D eigenvalue weighted by Gasteiger charge is -2.30. The largest absolute Gasteiger partial charge is 0.409 e.